The van der Waals surface area contributed by atoms with Gasteiger partial charge in [-0.05, 0) is 37.5 Å². The Morgan fingerprint density at radius 1 is 1.24 bits per heavy atom. The summed E-state index contributed by atoms with van der Waals surface area (Å²) in [7, 11) is 1.69. The summed E-state index contributed by atoms with van der Waals surface area (Å²) in [6, 6.07) is 9.23. The van der Waals surface area contributed by atoms with Crippen LogP contribution in [-0.4, -0.2) is 26.4 Å². The maximum Gasteiger partial charge on any atom is 0.118 e. The molecule has 1 atom stereocenters. The molecule has 0 bridgehead atoms. The normalized spacial score (nSPS) is 18.9. The third-order valence-corrected chi connectivity index (χ3v) is 3.32. The number of nitrogens with one attached hydrogen (secondary N) is 1. The predicted octanol–water partition coefficient (Wildman–Crippen LogP) is 2.52. The zero-order valence-corrected chi connectivity index (χ0v) is 10.6. The highest BCUT2D eigenvalue weighted by Crippen LogP contribution is 2.19. The van der Waals surface area contributed by atoms with E-state index in [-0.39, 0.29) is 0 Å². The van der Waals surface area contributed by atoms with Gasteiger partial charge in [0.15, 0.2) is 0 Å². The van der Waals surface area contributed by atoms with E-state index in [4.69, 9.17) is 9.47 Å². The number of hydrogen-bond acceptors (Lipinski definition) is 3. The largest absolute Gasteiger partial charge is 0.497 e. The lowest BCUT2D eigenvalue weighted by Crippen LogP contribution is -2.36. The second-order valence-electron chi connectivity index (χ2n) is 4.55. The van der Waals surface area contributed by atoms with Gasteiger partial charge < -0.3 is 14.8 Å². The molecule has 17 heavy (non-hydrogen) atoms. The Labute approximate surface area is 103 Å². The predicted molar refractivity (Wildman–Crippen MR) is 68.4 cm³/mol. The fourth-order valence-corrected chi connectivity index (χ4v) is 2.21. The standard InChI is InChI=1S/C14H21NO2/c1-11(15-13-7-9-17-10-8-13)12-3-5-14(16-2)6-4-12/h3-6,11,13,15H,7-10H2,1-2H3. The first-order chi connectivity index (χ1) is 8.29. The average molecular weight is 235 g/mol. The molecule has 1 aromatic carbocycles. The Balaban J connectivity index is 1.91. The average Bonchev–Trinajstić information content (AvgIpc) is 2.40. The van der Waals surface area contributed by atoms with Crippen LogP contribution in [0, 0.1) is 0 Å². The molecule has 0 amide bonds. The first-order valence-electron chi connectivity index (χ1n) is 6.27. The molecular formula is C14H21NO2. The molecule has 0 spiro atoms. The van der Waals surface area contributed by atoms with E-state index in [9.17, 15) is 0 Å². The number of rotatable bonds is 4. The molecular weight excluding hydrogens is 214 g/mol. The van der Waals surface area contributed by atoms with Crippen LogP contribution < -0.4 is 10.1 Å². The van der Waals surface area contributed by atoms with Crippen molar-refractivity contribution >= 4 is 0 Å². The molecule has 0 saturated carbocycles. The maximum absolute atomic E-state index is 5.36. The van der Waals surface area contributed by atoms with Crippen LogP contribution in [-0.2, 0) is 4.74 Å². The summed E-state index contributed by atoms with van der Waals surface area (Å²) >= 11 is 0. The molecule has 2 rings (SSSR count). The summed E-state index contributed by atoms with van der Waals surface area (Å²) in [5.74, 6) is 0.909. The smallest absolute Gasteiger partial charge is 0.118 e. The number of methoxy groups -OCH3 is 1. The molecule has 3 heteroatoms. The van der Waals surface area contributed by atoms with E-state index in [0.29, 0.717) is 12.1 Å². The highest BCUT2D eigenvalue weighted by molar-refractivity contribution is 5.28. The molecule has 3 nitrogen and oxygen atoms in total. The van der Waals surface area contributed by atoms with Crippen molar-refractivity contribution in [1.29, 1.82) is 0 Å². The molecule has 1 N–H and O–H groups in total. The van der Waals surface area contributed by atoms with Crippen molar-refractivity contribution in [3.63, 3.8) is 0 Å². The number of benzene rings is 1. The molecule has 1 heterocycles. The minimum absolute atomic E-state index is 0.379. The first kappa shape index (κ1) is 12.4. The van der Waals surface area contributed by atoms with Gasteiger partial charge in [0.25, 0.3) is 0 Å². The molecule has 1 aromatic rings. The minimum atomic E-state index is 0.379. The molecule has 1 unspecified atom stereocenters. The summed E-state index contributed by atoms with van der Waals surface area (Å²) in [5.41, 5.74) is 1.30. The number of hydrogen-bond donors (Lipinski definition) is 1. The van der Waals surface area contributed by atoms with Crippen LogP contribution >= 0.6 is 0 Å². The monoisotopic (exact) mass is 235 g/mol. The van der Waals surface area contributed by atoms with Gasteiger partial charge in [-0.1, -0.05) is 12.1 Å². The molecule has 1 fully saturated rings. The zero-order valence-electron chi connectivity index (χ0n) is 10.6. The van der Waals surface area contributed by atoms with Crippen molar-refractivity contribution in [2.45, 2.75) is 31.8 Å². The van der Waals surface area contributed by atoms with Crippen molar-refractivity contribution < 1.29 is 9.47 Å². The Hall–Kier alpha value is -1.06. The minimum Gasteiger partial charge on any atom is -0.497 e. The molecule has 0 radical (unpaired) electrons. The molecule has 1 aliphatic rings. The molecule has 94 valence electrons. The third kappa shape index (κ3) is 3.45. The van der Waals surface area contributed by atoms with Gasteiger partial charge in [-0.3, -0.25) is 0 Å². The second kappa shape index (κ2) is 6.03. The topological polar surface area (TPSA) is 30.5 Å². The molecule has 0 aliphatic carbocycles. The van der Waals surface area contributed by atoms with Crippen molar-refractivity contribution in [1.82, 2.24) is 5.32 Å². The lowest BCUT2D eigenvalue weighted by atomic mass is 10.0. The van der Waals surface area contributed by atoms with Crippen LogP contribution in [0.4, 0.5) is 0 Å². The van der Waals surface area contributed by atoms with Crippen LogP contribution in [0.1, 0.15) is 31.4 Å². The van der Waals surface area contributed by atoms with Crippen molar-refractivity contribution in [3.8, 4) is 5.75 Å². The molecule has 1 saturated heterocycles. The summed E-state index contributed by atoms with van der Waals surface area (Å²) in [5, 5.41) is 3.65. The van der Waals surface area contributed by atoms with Crippen LogP contribution in [0.15, 0.2) is 24.3 Å². The van der Waals surface area contributed by atoms with Gasteiger partial charge in [0.1, 0.15) is 5.75 Å². The summed E-state index contributed by atoms with van der Waals surface area (Å²) in [6.07, 6.45) is 2.22. The highest BCUT2D eigenvalue weighted by Gasteiger charge is 2.16. The van der Waals surface area contributed by atoms with Gasteiger partial charge in [0.2, 0.25) is 0 Å². The van der Waals surface area contributed by atoms with Gasteiger partial charge in [0.05, 0.1) is 7.11 Å². The Morgan fingerprint density at radius 2 is 1.88 bits per heavy atom. The Bertz CT molecular complexity index is 331. The van der Waals surface area contributed by atoms with Crippen molar-refractivity contribution in [2.75, 3.05) is 20.3 Å². The van der Waals surface area contributed by atoms with Gasteiger partial charge >= 0.3 is 0 Å². The summed E-state index contributed by atoms with van der Waals surface area (Å²) in [4.78, 5) is 0. The van der Waals surface area contributed by atoms with Crippen molar-refractivity contribution in [3.05, 3.63) is 29.8 Å². The van der Waals surface area contributed by atoms with E-state index < -0.39 is 0 Å². The Morgan fingerprint density at radius 3 is 2.47 bits per heavy atom. The number of ether oxygens (including phenoxy) is 2. The van der Waals surface area contributed by atoms with Crippen LogP contribution in [0.25, 0.3) is 0 Å². The maximum atomic E-state index is 5.36. The van der Waals surface area contributed by atoms with Gasteiger partial charge in [0, 0.05) is 25.3 Å². The van der Waals surface area contributed by atoms with Crippen LogP contribution in [0.2, 0.25) is 0 Å². The third-order valence-electron chi connectivity index (χ3n) is 3.32. The van der Waals surface area contributed by atoms with E-state index in [1.165, 1.54) is 5.56 Å². The molecule has 0 aromatic heterocycles. The highest BCUT2D eigenvalue weighted by atomic mass is 16.5. The Kier molecular flexibility index (Phi) is 4.40. The quantitative estimate of drug-likeness (QED) is 0.870. The van der Waals surface area contributed by atoms with Crippen molar-refractivity contribution in [2.24, 2.45) is 0 Å². The van der Waals surface area contributed by atoms with E-state index >= 15 is 0 Å². The summed E-state index contributed by atoms with van der Waals surface area (Å²) < 4.78 is 10.5. The van der Waals surface area contributed by atoms with E-state index in [2.05, 4.69) is 24.4 Å². The van der Waals surface area contributed by atoms with Crippen LogP contribution in [0.3, 0.4) is 0 Å². The van der Waals surface area contributed by atoms with Gasteiger partial charge in [-0.15, -0.1) is 0 Å². The lowest BCUT2D eigenvalue weighted by Gasteiger charge is -2.27. The van der Waals surface area contributed by atoms with E-state index in [0.717, 1.165) is 31.8 Å². The van der Waals surface area contributed by atoms with E-state index in [1.807, 2.05) is 12.1 Å². The fraction of sp³-hybridized carbons (Fsp3) is 0.571. The first-order valence-corrected chi connectivity index (χ1v) is 6.27. The molecule has 1 aliphatic heterocycles. The second-order valence-corrected chi connectivity index (χ2v) is 4.55. The van der Waals surface area contributed by atoms with Gasteiger partial charge in [-0.25, -0.2) is 0 Å². The lowest BCUT2D eigenvalue weighted by molar-refractivity contribution is 0.0754. The van der Waals surface area contributed by atoms with Crippen LogP contribution in [0.5, 0.6) is 5.75 Å². The zero-order chi connectivity index (χ0) is 12.1. The van der Waals surface area contributed by atoms with E-state index in [1.54, 1.807) is 7.11 Å². The SMILES string of the molecule is COc1ccc(C(C)NC2CCOCC2)cc1. The van der Waals surface area contributed by atoms with Gasteiger partial charge in [-0.2, -0.15) is 0 Å². The summed E-state index contributed by atoms with van der Waals surface area (Å²) in [6.45, 7) is 3.97. The fourth-order valence-electron chi connectivity index (χ4n) is 2.21.